The van der Waals surface area contributed by atoms with Crippen molar-refractivity contribution in [1.82, 2.24) is 0 Å². The average Bonchev–Trinajstić information content (AvgIpc) is 1.59. The van der Waals surface area contributed by atoms with Crippen LogP contribution in [0.2, 0.25) is 0 Å². The van der Waals surface area contributed by atoms with Crippen LogP contribution in [0.3, 0.4) is 0 Å². The summed E-state index contributed by atoms with van der Waals surface area (Å²) in [5.74, 6) is -1.39. The molecule has 0 unspecified atom stereocenters. The lowest BCUT2D eigenvalue weighted by Gasteiger charge is -1.97. The number of carboxylic acid groups (broad SMARTS) is 1. The first-order chi connectivity index (χ1) is 4.42. The van der Waals surface area contributed by atoms with E-state index in [9.17, 15) is 18.0 Å². The summed E-state index contributed by atoms with van der Waals surface area (Å²) in [6.45, 7) is 0. The second-order valence-corrected chi connectivity index (χ2v) is 2.18. The van der Waals surface area contributed by atoms with Gasteiger partial charge in [-0.15, -0.1) is 0 Å². The first-order valence-corrected chi connectivity index (χ1v) is 2.94. The number of carbonyl (C=O) groups is 1. The molecule has 1 N–H and O–H groups in total. The molecule has 0 aliphatic carbocycles. The quantitative estimate of drug-likeness (QED) is 0.645. The van der Waals surface area contributed by atoms with Crippen LogP contribution < -0.4 is 0 Å². The summed E-state index contributed by atoms with van der Waals surface area (Å²) in [5, 5.41) is 8.32. The van der Waals surface area contributed by atoms with E-state index in [0.29, 0.717) is 11.5 Å². The highest BCUT2D eigenvalue weighted by Crippen LogP contribution is 2.30. The van der Waals surface area contributed by atoms with Crippen molar-refractivity contribution < 1.29 is 23.1 Å². The van der Waals surface area contributed by atoms with Crippen LogP contribution in [0.15, 0.2) is 11.5 Å². The molecule has 6 heteroatoms. The SMILES string of the molecule is O=C(O)/C=C/SC(F)(F)F. The van der Waals surface area contributed by atoms with Crippen LogP contribution in [0.4, 0.5) is 13.2 Å². The van der Waals surface area contributed by atoms with Gasteiger partial charge in [0.1, 0.15) is 0 Å². The van der Waals surface area contributed by atoms with E-state index in [1.807, 2.05) is 0 Å². The summed E-state index contributed by atoms with van der Waals surface area (Å²) in [7, 11) is 0. The number of halogens is 3. The second kappa shape index (κ2) is 3.50. The summed E-state index contributed by atoms with van der Waals surface area (Å²) in [6, 6.07) is 0. The van der Waals surface area contributed by atoms with Gasteiger partial charge in [0.2, 0.25) is 0 Å². The Morgan fingerprint density at radius 1 is 1.50 bits per heavy atom. The molecule has 0 fully saturated rings. The van der Waals surface area contributed by atoms with E-state index in [1.165, 1.54) is 0 Å². The van der Waals surface area contributed by atoms with Gasteiger partial charge in [-0.1, -0.05) is 0 Å². The summed E-state index contributed by atoms with van der Waals surface area (Å²) < 4.78 is 33.7. The standard InChI is InChI=1S/C4H3F3O2S/c5-4(6,7)10-2-1-3(8)9/h1-2H,(H,8,9)/b2-1+. The monoisotopic (exact) mass is 172 g/mol. The maximum atomic E-state index is 11.2. The second-order valence-electron chi connectivity index (χ2n) is 1.20. The Bertz CT molecular complexity index is 151. The molecule has 0 aromatic carbocycles. The minimum atomic E-state index is -4.40. The van der Waals surface area contributed by atoms with Gasteiger partial charge in [-0.3, -0.25) is 0 Å². The van der Waals surface area contributed by atoms with E-state index >= 15 is 0 Å². The van der Waals surface area contributed by atoms with Gasteiger partial charge in [0.15, 0.2) is 0 Å². The maximum Gasteiger partial charge on any atom is 0.445 e. The molecule has 10 heavy (non-hydrogen) atoms. The lowest BCUT2D eigenvalue weighted by atomic mass is 10.7. The van der Waals surface area contributed by atoms with Gasteiger partial charge in [-0.2, -0.15) is 13.2 Å². The van der Waals surface area contributed by atoms with E-state index in [-0.39, 0.29) is 0 Å². The van der Waals surface area contributed by atoms with Crippen LogP contribution in [0.5, 0.6) is 0 Å². The largest absolute Gasteiger partial charge is 0.478 e. The van der Waals surface area contributed by atoms with E-state index in [2.05, 4.69) is 0 Å². The molecule has 0 atom stereocenters. The smallest absolute Gasteiger partial charge is 0.445 e. The van der Waals surface area contributed by atoms with Gasteiger partial charge in [0.05, 0.1) is 0 Å². The van der Waals surface area contributed by atoms with E-state index in [0.717, 1.165) is 0 Å². The van der Waals surface area contributed by atoms with Crippen molar-refractivity contribution in [3.63, 3.8) is 0 Å². The molecule has 58 valence electrons. The predicted molar refractivity (Wildman–Crippen MR) is 30.4 cm³/mol. The molecule has 0 aromatic rings. The topological polar surface area (TPSA) is 37.3 Å². The Kier molecular flexibility index (Phi) is 3.27. The molecule has 0 amide bonds. The molecule has 0 rings (SSSR count). The summed E-state index contributed by atoms with van der Waals surface area (Å²) in [4.78, 5) is 9.62. The third kappa shape index (κ3) is 7.35. The van der Waals surface area contributed by atoms with Crippen molar-refractivity contribution >= 4 is 17.7 Å². The van der Waals surface area contributed by atoms with Crippen LogP contribution in [-0.4, -0.2) is 16.6 Å². The van der Waals surface area contributed by atoms with Crippen LogP contribution >= 0.6 is 11.8 Å². The van der Waals surface area contributed by atoms with Gasteiger partial charge in [-0.05, 0) is 17.2 Å². The van der Waals surface area contributed by atoms with Crippen LogP contribution in [0, 0.1) is 0 Å². The van der Waals surface area contributed by atoms with Crippen molar-refractivity contribution in [3.8, 4) is 0 Å². The first kappa shape index (κ1) is 9.35. The Labute approximate surface area is 58.7 Å². The Balaban J connectivity index is 3.64. The first-order valence-electron chi connectivity index (χ1n) is 2.06. The van der Waals surface area contributed by atoms with Crippen LogP contribution in [0.1, 0.15) is 0 Å². The number of hydrogen-bond acceptors (Lipinski definition) is 2. The molecule has 0 heterocycles. The lowest BCUT2D eigenvalue weighted by molar-refractivity contribution is -0.131. The molecule has 0 aliphatic rings. The number of thioether (sulfide) groups is 1. The fourth-order valence-electron chi connectivity index (χ4n) is 0.169. The number of carboxylic acids is 1. The predicted octanol–water partition coefficient (Wildman–Crippen LogP) is 1.84. The van der Waals surface area contributed by atoms with Crippen molar-refractivity contribution in [3.05, 3.63) is 11.5 Å². The fraction of sp³-hybridized carbons (Fsp3) is 0.250. The third-order valence-electron chi connectivity index (χ3n) is 0.412. The van der Waals surface area contributed by atoms with Crippen molar-refractivity contribution in [1.29, 1.82) is 0 Å². The summed E-state index contributed by atoms with van der Waals surface area (Å²) in [5.41, 5.74) is -4.40. The average molecular weight is 172 g/mol. The molecule has 0 radical (unpaired) electrons. The number of alkyl halides is 3. The summed E-state index contributed by atoms with van der Waals surface area (Å²) >= 11 is -0.499. The normalized spacial score (nSPS) is 12.3. The Hall–Kier alpha value is -0.650. The van der Waals surface area contributed by atoms with Gasteiger partial charge >= 0.3 is 11.5 Å². The Morgan fingerprint density at radius 3 is 2.30 bits per heavy atom. The van der Waals surface area contributed by atoms with E-state index < -0.39 is 23.2 Å². The van der Waals surface area contributed by atoms with Crippen LogP contribution in [0.25, 0.3) is 0 Å². The van der Waals surface area contributed by atoms with E-state index in [1.54, 1.807) is 0 Å². The Morgan fingerprint density at radius 2 is 2.00 bits per heavy atom. The highest BCUT2D eigenvalue weighted by atomic mass is 32.2. The van der Waals surface area contributed by atoms with Crippen LogP contribution in [-0.2, 0) is 4.79 Å². The van der Waals surface area contributed by atoms with Crippen molar-refractivity contribution in [2.24, 2.45) is 0 Å². The number of rotatable bonds is 2. The van der Waals surface area contributed by atoms with Crippen molar-refractivity contribution in [2.45, 2.75) is 5.51 Å². The lowest BCUT2D eigenvalue weighted by Crippen LogP contribution is -1.97. The molecule has 0 aromatic heterocycles. The molecule has 0 spiro atoms. The fourth-order valence-corrected chi connectivity index (χ4v) is 0.508. The summed E-state index contributed by atoms with van der Waals surface area (Å²) in [6.07, 6.45) is 0.429. The molecule has 0 saturated carbocycles. The zero-order valence-electron chi connectivity index (χ0n) is 4.55. The number of hydrogen-bond donors (Lipinski definition) is 1. The highest BCUT2D eigenvalue weighted by Gasteiger charge is 2.26. The van der Waals surface area contributed by atoms with Gasteiger partial charge in [-0.25, -0.2) is 4.79 Å². The van der Waals surface area contributed by atoms with E-state index in [4.69, 9.17) is 5.11 Å². The molecule has 2 nitrogen and oxygen atoms in total. The minimum absolute atomic E-state index is 0.429. The zero-order valence-corrected chi connectivity index (χ0v) is 5.37. The molecular weight excluding hydrogens is 169 g/mol. The van der Waals surface area contributed by atoms with Gasteiger partial charge in [0, 0.05) is 6.08 Å². The molecule has 0 bridgehead atoms. The molecular formula is C4H3F3O2S. The zero-order chi connectivity index (χ0) is 8.20. The molecule has 0 aliphatic heterocycles. The highest BCUT2D eigenvalue weighted by molar-refractivity contribution is 8.02. The van der Waals surface area contributed by atoms with Gasteiger partial charge in [0.25, 0.3) is 0 Å². The minimum Gasteiger partial charge on any atom is -0.478 e. The third-order valence-corrected chi connectivity index (χ3v) is 0.952. The maximum absolute atomic E-state index is 11.2. The molecule has 0 saturated heterocycles. The van der Waals surface area contributed by atoms with Gasteiger partial charge < -0.3 is 5.11 Å². The number of aliphatic carboxylic acids is 1. The van der Waals surface area contributed by atoms with Crippen molar-refractivity contribution in [2.75, 3.05) is 0 Å².